The molecule has 0 amide bonds. The molecule has 0 radical (unpaired) electrons. The quantitative estimate of drug-likeness (QED) is 0.177. The predicted octanol–water partition coefficient (Wildman–Crippen LogP) is 13.1. The third-order valence-corrected chi connectivity index (χ3v) is 12.2. The van der Waals surface area contributed by atoms with E-state index in [1.54, 1.807) is 0 Å². The van der Waals surface area contributed by atoms with Gasteiger partial charge >= 0.3 is 0 Å². The average Bonchev–Trinajstić information content (AvgIpc) is 3.47. The van der Waals surface area contributed by atoms with Gasteiger partial charge in [0.15, 0.2) is 0 Å². The number of aryl methyl sites for hydroxylation is 1. The highest BCUT2D eigenvalue weighted by Crippen LogP contribution is 2.54. The second-order valence-corrected chi connectivity index (χ2v) is 15.6. The van der Waals surface area contributed by atoms with Gasteiger partial charge in [-0.05, 0) is 127 Å². The van der Waals surface area contributed by atoms with Crippen LogP contribution in [0.3, 0.4) is 0 Å². The first-order chi connectivity index (χ1) is 23.1. The molecule has 48 heavy (non-hydrogen) atoms. The van der Waals surface area contributed by atoms with Crippen molar-refractivity contribution in [2.24, 2.45) is 0 Å². The van der Waals surface area contributed by atoms with E-state index in [-0.39, 0.29) is 16.4 Å². The number of nitrogens with one attached hydrogen (secondary N) is 1. The monoisotopic (exact) mass is 627 g/mol. The van der Waals surface area contributed by atoms with Crippen LogP contribution in [0.5, 0.6) is 0 Å². The molecule has 0 unspecified atom stereocenters. The zero-order valence-electron chi connectivity index (χ0n) is 29.9. The van der Waals surface area contributed by atoms with E-state index < -0.39 is 0 Å². The molecule has 1 N–H and O–H groups in total. The molecule has 6 aromatic carbocycles. The van der Waals surface area contributed by atoms with Gasteiger partial charge in [0, 0.05) is 16.5 Å². The lowest BCUT2D eigenvalue weighted by Gasteiger charge is -2.36. The molecule has 2 aliphatic carbocycles. The molecule has 1 nitrogen and oxygen atoms in total. The fourth-order valence-electron chi connectivity index (χ4n) is 9.13. The second-order valence-electron chi connectivity index (χ2n) is 15.6. The number of rotatable bonds is 8. The van der Waals surface area contributed by atoms with Gasteiger partial charge in [0.1, 0.15) is 0 Å². The van der Waals surface area contributed by atoms with Crippen LogP contribution in [0.1, 0.15) is 108 Å². The maximum absolute atomic E-state index is 4.13. The van der Waals surface area contributed by atoms with E-state index >= 15 is 0 Å². The molecule has 1 heteroatoms. The number of benzene rings is 6. The minimum absolute atomic E-state index is 0.0591. The third kappa shape index (κ3) is 4.50. The molecule has 0 heterocycles. The lowest BCUT2D eigenvalue weighted by molar-refractivity contribution is 0.453. The van der Waals surface area contributed by atoms with E-state index in [0.29, 0.717) is 0 Å². The highest BCUT2D eigenvalue weighted by molar-refractivity contribution is 6.02. The zero-order valence-corrected chi connectivity index (χ0v) is 29.9. The van der Waals surface area contributed by atoms with Gasteiger partial charge in [0.05, 0.1) is 5.54 Å². The van der Waals surface area contributed by atoms with Crippen molar-refractivity contribution >= 4 is 27.2 Å². The number of anilines is 1. The van der Waals surface area contributed by atoms with Crippen molar-refractivity contribution in [1.82, 2.24) is 0 Å². The maximum Gasteiger partial charge on any atom is 0.0620 e. The molecule has 6 aromatic rings. The number of hydrogen-bond donors (Lipinski definition) is 1. The zero-order chi connectivity index (χ0) is 33.4. The van der Waals surface area contributed by atoms with E-state index in [9.17, 15) is 0 Å². The van der Waals surface area contributed by atoms with Gasteiger partial charge in [0.25, 0.3) is 0 Å². The molecule has 0 saturated heterocycles. The van der Waals surface area contributed by atoms with Crippen LogP contribution in [0, 0.1) is 0 Å². The Hall–Kier alpha value is -4.36. The SMILES string of the molecule is CCCCc1ccc2c3c(ccc2c1)C(C)(C)c1cc(C(CC)(CC)Nc2ccc4c(c2)C(C)(C)c2cc5ccccc5cc2-4)ccc1-3. The van der Waals surface area contributed by atoms with E-state index in [0.717, 1.165) is 19.3 Å². The van der Waals surface area contributed by atoms with Crippen LogP contribution in [0.4, 0.5) is 5.69 Å². The molecular weight excluding hydrogens is 579 g/mol. The van der Waals surface area contributed by atoms with Crippen LogP contribution < -0.4 is 5.32 Å². The van der Waals surface area contributed by atoms with Gasteiger partial charge in [-0.15, -0.1) is 0 Å². The lowest BCUT2D eigenvalue weighted by atomic mass is 9.78. The molecule has 0 bridgehead atoms. The first-order valence-corrected chi connectivity index (χ1v) is 18.3. The molecule has 242 valence electrons. The van der Waals surface area contributed by atoms with Crippen LogP contribution in [-0.2, 0) is 22.8 Å². The van der Waals surface area contributed by atoms with Gasteiger partial charge in [0.2, 0.25) is 0 Å². The van der Waals surface area contributed by atoms with E-state index in [2.05, 4.69) is 157 Å². The fraction of sp³-hybridized carbons (Fsp3) is 0.319. The summed E-state index contributed by atoms with van der Waals surface area (Å²) >= 11 is 0. The average molecular weight is 628 g/mol. The van der Waals surface area contributed by atoms with Crippen LogP contribution in [0.25, 0.3) is 43.8 Å². The first-order valence-electron chi connectivity index (χ1n) is 18.3. The molecule has 8 rings (SSSR count). The van der Waals surface area contributed by atoms with Crippen molar-refractivity contribution in [3.8, 4) is 22.3 Å². The summed E-state index contributed by atoms with van der Waals surface area (Å²) < 4.78 is 0. The van der Waals surface area contributed by atoms with Crippen LogP contribution in [0.15, 0.2) is 103 Å². The Morgan fingerprint density at radius 2 is 1.25 bits per heavy atom. The molecule has 0 fully saturated rings. The third-order valence-electron chi connectivity index (χ3n) is 12.2. The molecule has 0 aliphatic heterocycles. The molecular formula is C47H49N. The van der Waals surface area contributed by atoms with E-state index in [4.69, 9.17) is 0 Å². The van der Waals surface area contributed by atoms with Gasteiger partial charge < -0.3 is 5.32 Å². The molecule has 0 spiro atoms. The Balaban J connectivity index is 1.18. The first kappa shape index (κ1) is 30.9. The molecule has 0 saturated carbocycles. The van der Waals surface area contributed by atoms with Crippen LogP contribution in [-0.4, -0.2) is 0 Å². The Morgan fingerprint density at radius 1 is 0.562 bits per heavy atom. The summed E-state index contributed by atoms with van der Waals surface area (Å²) in [5.74, 6) is 0. The Kier molecular flexibility index (Phi) is 7.15. The largest absolute Gasteiger partial charge is 0.376 e. The van der Waals surface area contributed by atoms with Crippen molar-refractivity contribution in [3.05, 3.63) is 137 Å². The van der Waals surface area contributed by atoms with Crippen molar-refractivity contribution in [1.29, 1.82) is 0 Å². The lowest BCUT2D eigenvalue weighted by Crippen LogP contribution is -2.34. The molecule has 0 atom stereocenters. The summed E-state index contributed by atoms with van der Waals surface area (Å²) in [5, 5.41) is 9.50. The van der Waals surface area contributed by atoms with Crippen molar-refractivity contribution in [2.45, 2.75) is 96.9 Å². The second kappa shape index (κ2) is 11.1. The van der Waals surface area contributed by atoms with E-state index in [1.165, 1.54) is 95.7 Å². The summed E-state index contributed by atoms with van der Waals surface area (Å²) in [6, 6.07) is 40.0. The number of fused-ring (bicyclic) bond motifs is 9. The van der Waals surface area contributed by atoms with Crippen LogP contribution >= 0.6 is 0 Å². The summed E-state index contributed by atoms with van der Waals surface area (Å²) in [4.78, 5) is 0. The van der Waals surface area contributed by atoms with Gasteiger partial charge in [-0.1, -0.05) is 134 Å². The maximum atomic E-state index is 4.13. The topological polar surface area (TPSA) is 12.0 Å². The smallest absolute Gasteiger partial charge is 0.0620 e. The fourth-order valence-corrected chi connectivity index (χ4v) is 9.13. The van der Waals surface area contributed by atoms with Crippen LogP contribution in [0.2, 0.25) is 0 Å². The Labute approximate surface area is 287 Å². The summed E-state index contributed by atoms with van der Waals surface area (Å²) in [6.45, 7) is 16.6. The van der Waals surface area contributed by atoms with Crippen molar-refractivity contribution in [2.75, 3.05) is 5.32 Å². The minimum Gasteiger partial charge on any atom is -0.376 e. The van der Waals surface area contributed by atoms with Gasteiger partial charge in [-0.3, -0.25) is 0 Å². The normalized spacial score (nSPS) is 15.3. The number of hydrogen-bond acceptors (Lipinski definition) is 1. The summed E-state index contributed by atoms with van der Waals surface area (Å²) in [7, 11) is 0. The highest BCUT2D eigenvalue weighted by Gasteiger charge is 2.40. The molecule has 2 aliphatic rings. The molecule has 0 aromatic heterocycles. The summed E-state index contributed by atoms with van der Waals surface area (Å²) in [5.41, 5.74) is 15.1. The van der Waals surface area contributed by atoms with Crippen molar-refractivity contribution < 1.29 is 0 Å². The standard InChI is InChI=1S/C47H49N/c1-8-11-14-30-17-21-36-33(25-30)18-24-40-44(36)38-22-19-34(28-42(38)45(40,4)5)47(9-2,10-3)48-35-20-23-37-39-26-31-15-12-13-16-32(31)27-41(39)46(6,7)43(37)29-35/h12-13,15-29,48H,8-11,14H2,1-7H3. The van der Waals surface area contributed by atoms with Gasteiger partial charge in [-0.25, -0.2) is 0 Å². The summed E-state index contributed by atoms with van der Waals surface area (Å²) in [6.07, 6.45) is 5.64. The number of unbranched alkanes of at least 4 members (excludes halogenated alkanes) is 1. The van der Waals surface area contributed by atoms with Crippen molar-refractivity contribution in [3.63, 3.8) is 0 Å². The predicted molar refractivity (Wildman–Crippen MR) is 208 cm³/mol. The minimum atomic E-state index is -0.172. The Morgan fingerprint density at radius 3 is 2.00 bits per heavy atom. The van der Waals surface area contributed by atoms with E-state index in [1.807, 2.05) is 0 Å². The van der Waals surface area contributed by atoms with Gasteiger partial charge in [-0.2, -0.15) is 0 Å². The Bertz CT molecular complexity index is 2230. The highest BCUT2D eigenvalue weighted by atomic mass is 15.0.